The fourth-order valence-corrected chi connectivity index (χ4v) is 2.60. The number of nitrogens with one attached hydrogen (secondary N) is 1. The quantitative estimate of drug-likeness (QED) is 0.744. The lowest BCUT2D eigenvalue weighted by atomic mass is 10.2. The van der Waals surface area contributed by atoms with Crippen LogP contribution in [-0.4, -0.2) is 15.7 Å². The first kappa shape index (κ1) is 16.0. The SMILES string of the molecule is Cc1c(C(=O)Nc2cccc(C#N)c2)cnn1-c1ccc(Br)cc1. The Morgan fingerprint density at radius 2 is 2.00 bits per heavy atom. The van der Waals surface area contributed by atoms with Gasteiger partial charge in [0.25, 0.3) is 5.91 Å². The van der Waals surface area contributed by atoms with E-state index in [1.54, 1.807) is 35.1 Å². The van der Waals surface area contributed by atoms with Gasteiger partial charge in [0.05, 0.1) is 34.8 Å². The Bertz CT molecular complexity index is 938. The number of nitrogens with zero attached hydrogens (tertiary/aromatic N) is 3. The third kappa shape index (κ3) is 3.21. The molecule has 0 aliphatic rings. The maximum Gasteiger partial charge on any atom is 0.259 e. The van der Waals surface area contributed by atoms with Crippen molar-refractivity contribution in [2.24, 2.45) is 0 Å². The van der Waals surface area contributed by atoms with Crippen LogP contribution in [0, 0.1) is 18.3 Å². The predicted molar refractivity (Wildman–Crippen MR) is 95.1 cm³/mol. The number of hydrogen-bond donors (Lipinski definition) is 1. The van der Waals surface area contributed by atoms with Crippen LogP contribution in [0.2, 0.25) is 0 Å². The molecule has 0 saturated carbocycles. The lowest BCUT2D eigenvalue weighted by Gasteiger charge is -2.07. The zero-order valence-electron chi connectivity index (χ0n) is 12.8. The van der Waals surface area contributed by atoms with E-state index in [9.17, 15) is 4.79 Å². The Balaban J connectivity index is 1.86. The number of nitriles is 1. The average molecular weight is 381 g/mol. The summed E-state index contributed by atoms with van der Waals surface area (Å²) >= 11 is 3.40. The number of hydrogen-bond acceptors (Lipinski definition) is 3. The fraction of sp³-hybridized carbons (Fsp3) is 0.0556. The molecule has 0 atom stereocenters. The molecule has 0 fully saturated rings. The Hall–Kier alpha value is -2.91. The van der Waals surface area contributed by atoms with E-state index in [2.05, 4.69) is 32.4 Å². The van der Waals surface area contributed by atoms with Crippen LogP contribution in [0.4, 0.5) is 5.69 Å². The minimum atomic E-state index is -0.258. The largest absolute Gasteiger partial charge is 0.322 e. The maximum absolute atomic E-state index is 12.5. The molecule has 1 N–H and O–H groups in total. The monoisotopic (exact) mass is 380 g/mol. The van der Waals surface area contributed by atoms with Gasteiger partial charge in [-0.05, 0) is 49.4 Å². The number of carbonyl (C=O) groups is 1. The van der Waals surface area contributed by atoms with E-state index in [1.165, 1.54) is 0 Å². The van der Waals surface area contributed by atoms with E-state index >= 15 is 0 Å². The standard InChI is InChI=1S/C18H13BrN4O/c1-12-17(11-21-23(12)16-7-5-14(19)6-8-16)18(24)22-15-4-2-3-13(9-15)10-20/h2-9,11H,1H3,(H,22,24). The Morgan fingerprint density at radius 3 is 2.71 bits per heavy atom. The van der Waals surface area contributed by atoms with Crippen LogP contribution >= 0.6 is 15.9 Å². The molecule has 1 amide bonds. The molecule has 5 nitrogen and oxygen atoms in total. The van der Waals surface area contributed by atoms with E-state index in [1.807, 2.05) is 31.2 Å². The number of benzene rings is 2. The molecule has 24 heavy (non-hydrogen) atoms. The van der Waals surface area contributed by atoms with Gasteiger partial charge in [0.15, 0.2) is 0 Å². The summed E-state index contributed by atoms with van der Waals surface area (Å²) in [5.41, 5.74) is 3.18. The molecule has 6 heteroatoms. The number of halogens is 1. The highest BCUT2D eigenvalue weighted by molar-refractivity contribution is 9.10. The molecule has 3 rings (SSSR count). The first-order chi connectivity index (χ1) is 11.6. The van der Waals surface area contributed by atoms with Gasteiger partial charge in [-0.15, -0.1) is 0 Å². The highest BCUT2D eigenvalue weighted by Crippen LogP contribution is 2.18. The van der Waals surface area contributed by atoms with Gasteiger partial charge in [0, 0.05) is 10.2 Å². The zero-order valence-corrected chi connectivity index (χ0v) is 14.4. The minimum absolute atomic E-state index is 0.258. The third-order valence-corrected chi connectivity index (χ3v) is 4.10. The van der Waals surface area contributed by atoms with Gasteiger partial charge in [-0.1, -0.05) is 22.0 Å². The molecule has 0 aliphatic carbocycles. The molecule has 0 aliphatic heterocycles. The first-order valence-electron chi connectivity index (χ1n) is 7.20. The summed E-state index contributed by atoms with van der Waals surface area (Å²) in [7, 11) is 0. The van der Waals surface area contributed by atoms with Crippen molar-refractivity contribution < 1.29 is 4.79 Å². The molecule has 0 radical (unpaired) electrons. The van der Waals surface area contributed by atoms with E-state index in [0.29, 0.717) is 16.8 Å². The Kier molecular flexibility index (Phi) is 4.45. The van der Waals surface area contributed by atoms with Crippen LogP contribution in [0.5, 0.6) is 0 Å². The first-order valence-corrected chi connectivity index (χ1v) is 8.00. The normalized spacial score (nSPS) is 10.2. The smallest absolute Gasteiger partial charge is 0.259 e. The summed E-state index contributed by atoms with van der Waals surface area (Å²) in [6.45, 7) is 1.84. The van der Waals surface area contributed by atoms with Crippen LogP contribution in [0.15, 0.2) is 59.2 Å². The van der Waals surface area contributed by atoms with Gasteiger partial charge in [0.2, 0.25) is 0 Å². The number of rotatable bonds is 3. The maximum atomic E-state index is 12.5. The summed E-state index contributed by atoms with van der Waals surface area (Å²) < 4.78 is 2.69. The third-order valence-electron chi connectivity index (χ3n) is 3.58. The second kappa shape index (κ2) is 6.69. The van der Waals surface area contributed by atoms with Crippen molar-refractivity contribution in [1.29, 1.82) is 5.26 Å². The minimum Gasteiger partial charge on any atom is -0.322 e. The Morgan fingerprint density at radius 1 is 1.25 bits per heavy atom. The molecule has 1 heterocycles. The molecular formula is C18H13BrN4O. The molecule has 0 saturated heterocycles. The topological polar surface area (TPSA) is 70.7 Å². The number of amides is 1. The van der Waals surface area contributed by atoms with Crippen LogP contribution in [0.1, 0.15) is 21.6 Å². The van der Waals surface area contributed by atoms with Crippen LogP contribution in [0.3, 0.4) is 0 Å². The van der Waals surface area contributed by atoms with Crippen LogP contribution in [-0.2, 0) is 0 Å². The van der Waals surface area contributed by atoms with Gasteiger partial charge >= 0.3 is 0 Å². The van der Waals surface area contributed by atoms with Crippen LogP contribution < -0.4 is 5.32 Å². The number of anilines is 1. The number of aromatic nitrogens is 2. The van der Waals surface area contributed by atoms with Gasteiger partial charge in [-0.3, -0.25) is 4.79 Å². The molecule has 0 bridgehead atoms. The molecule has 1 aromatic heterocycles. The van der Waals surface area contributed by atoms with Gasteiger partial charge in [-0.2, -0.15) is 10.4 Å². The van der Waals surface area contributed by atoms with Gasteiger partial charge < -0.3 is 5.32 Å². The predicted octanol–water partition coefficient (Wildman–Crippen LogP) is 4.07. The summed E-state index contributed by atoms with van der Waals surface area (Å²) in [5.74, 6) is -0.258. The van der Waals surface area contributed by atoms with E-state index in [4.69, 9.17) is 5.26 Å². The van der Waals surface area contributed by atoms with E-state index < -0.39 is 0 Å². The highest BCUT2D eigenvalue weighted by Gasteiger charge is 2.15. The second-order valence-corrected chi connectivity index (χ2v) is 6.09. The van der Waals surface area contributed by atoms with Crippen molar-refractivity contribution in [1.82, 2.24) is 9.78 Å². The van der Waals surface area contributed by atoms with Crippen LogP contribution in [0.25, 0.3) is 5.69 Å². The summed E-state index contributed by atoms with van der Waals surface area (Å²) in [4.78, 5) is 12.5. The molecule has 3 aromatic rings. The van der Waals surface area contributed by atoms with Crippen molar-refractivity contribution in [3.8, 4) is 11.8 Å². The van der Waals surface area contributed by atoms with Crippen molar-refractivity contribution in [2.45, 2.75) is 6.92 Å². The highest BCUT2D eigenvalue weighted by atomic mass is 79.9. The fourth-order valence-electron chi connectivity index (χ4n) is 2.34. The second-order valence-electron chi connectivity index (χ2n) is 5.18. The lowest BCUT2D eigenvalue weighted by Crippen LogP contribution is -2.13. The molecule has 2 aromatic carbocycles. The Labute approximate surface area is 147 Å². The zero-order chi connectivity index (χ0) is 17.1. The van der Waals surface area contributed by atoms with E-state index in [-0.39, 0.29) is 5.91 Å². The van der Waals surface area contributed by atoms with Gasteiger partial charge in [-0.25, -0.2) is 4.68 Å². The average Bonchev–Trinajstić information content (AvgIpc) is 2.97. The molecular weight excluding hydrogens is 368 g/mol. The number of carbonyl (C=O) groups excluding carboxylic acids is 1. The van der Waals surface area contributed by atoms with Crippen molar-refractivity contribution in [3.05, 3.63) is 76.0 Å². The molecule has 0 spiro atoms. The van der Waals surface area contributed by atoms with Crippen molar-refractivity contribution in [2.75, 3.05) is 5.32 Å². The summed E-state index contributed by atoms with van der Waals surface area (Å²) in [6.07, 6.45) is 1.54. The molecule has 0 unspecified atom stereocenters. The van der Waals surface area contributed by atoms with Crippen molar-refractivity contribution in [3.63, 3.8) is 0 Å². The van der Waals surface area contributed by atoms with E-state index in [0.717, 1.165) is 15.9 Å². The van der Waals surface area contributed by atoms with Crippen molar-refractivity contribution >= 4 is 27.5 Å². The summed E-state index contributed by atoms with van der Waals surface area (Å²) in [5, 5.41) is 16.0. The summed E-state index contributed by atoms with van der Waals surface area (Å²) in [6, 6.07) is 16.5. The van der Waals surface area contributed by atoms with Gasteiger partial charge in [0.1, 0.15) is 0 Å². The lowest BCUT2D eigenvalue weighted by molar-refractivity contribution is 0.102. The molecule has 118 valence electrons.